The molecule has 132 valence electrons. The second-order valence-electron chi connectivity index (χ2n) is 6.20. The minimum atomic E-state index is 0.00812. The Balaban J connectivity index is 1.95. The molecular weight excluding hydrogens is 304 g/mol. The molecule has 2 N–H and O–H groups in total. The number of guanidine groups is 1. The molecule has 1 aliphatic rings. The van der Waals surface area contributed by atoms with E-state index in [0.717, 1.165) is 30.4 Å². The fourth-order valence-corrected chi connectivity index (χ4v) is 2.09. The number of hydrogen-bond donors (Lipinski definition) is 2. The van der Waals surface area contributed by atoms with E-state index in [1.807, 2.05) is 31.2 Å². The van der Waals surface area contributed by atoms with Crippen molar-refractivity contribution in [2.75, 3.05) is 33.8 Å². The third-order valence-corrected chi connectivity index (χ3v) is 3.80. The van der Waals surface area contributed by atoms with Gasteiger partial charge in [0.1, 0.15) is 5.75 Å². The predicted molar refractivity (Wildman–Crippen MR) is 96.2 cm³/mol. The Morgan fingerprint density at radius 2 is 2.04 bits per heavy atom. The number of nitrogens with zero attached hydrogens (tertiary/aromatic N) is 2. The molecule has 0 saturated heterocycles. The van der Waals surface area contributed by atoms with Crippen LogP contribution in [0.5, 0.6) is 5.75 Å². The van der Waals surface area contributed by atoms with Gasteiger partial charge in [0.2, 0.25) is 5.91 Å². The van der Waals surface area contributed by atoms with Gasteiger partial charge in [-0.2, -0.15) is 0 Å². The number of ether oxygens (including phenoxy) is 1. The molecule has 6 nitrogen and oxygen atoms in total. The van der Waals surface area contributed by atoms with E-state index in [9.17, 15) is 4.79 Å². The molecule has 0 aliphatic heterocycles. The van der Waals surface area contributed by atoms with Gasteiger partial charge in [0.15, 0.2) is 5.96 Å². The molecule has 1 aliphatic carbocycles. The first-order valence-electron chi connectivity index (χ1n) is 8.53. The SMILES string of the molecule is CCNC(=NCc1ccccc1OCC1CC1)NCC(=O)N(C)C. The maximum atomic E-state index is 11.7. The van der Waals surface area contributed by atoms with Crippen LogP contribution in [-0.2, 0) is 11.3 Å². The van der Waals surface area contributed by atoms with Gasteiger partial charge in [0.05, 0.1) is 19.7 Å². The number of benzene rings is 1. The Hall–Kier alpha value is -2.24. The summed E-state index contributed by atoms with van der Waals surface area (Å²) in [5, 5.41) is 6.21. The zero-order chi connectivity index (χ0) is 17.4. The lowest BCUT2D eigenvalue weighted by Gasteiger charge is -2.14. The Kier molecular flexibility index (Phi) is 6.90. The maximum Gasteiger partial charge on any atom is 0.241 e. The third-order valence-electron chi connectivity index (χ3n) is 3.80. The van der Waals surface area contributed by atoms with Crippen molar-refractivity contribution in [3.05, 3.63) is 29.8 Å². The number of para-hydroxylation sites is 1. The van der Waals surface area contributed by atoms with E-state index in [2.05, 4.69) is 15.6 Å². The highest BCUT2D eigenvalue weighted by atomic mass is 16.5. The van der Waals surface area contributed by atoms with Gasteiger partial charge >= 0.3 is 0 Å². The number of amides is 1. The van der Waals surface area contributed by atoms with Gasteiger partial charge in [-0.15, -0.1) is 0 Å². The lowest BCUT2D eigenvalue weighted by Crippen LogP contribution is -2.42. The molecular formula is C18H28N4O2. The summed E-state index contributed by atoms with van der Waals surface area (Å²) in [7, 11) is 3.48. The molecule has 0 aromatic heterocycles. The van der Waals surface area contributed by atoms with E-state index >= 15 is 0 Å². The molecule has 0 atom stereocenters. The van der Waals surface area contributed by atoms with Crippen molar-refractivity contribution in [1.29, 1.82) is 0 Å². The summed E-state index contributed by atoms with van der Waals surface area (Å²) < 4.78 is 5.91. The van der Waals surface area contributed by atoms with Crippen LogP contribution >= 0.6 is 0 Å². The quantitative estimate of drug-likeness (QED) is 0.561. The van der Waals surface area contributed by atoms with Crippen LogP contribution in [0, 0.1) is 5.92 Å². The van der Waals surface area contributed by atoms with Crippen LogP contribution in [0.3, 0.4) is 0 Å². The van der Waals surface area contributed by atoms with E-state index < -0.39 is 0 Å². The summed E-state index contributed by atoms with van der Waals surface area (Å²) in [6.45, 7) is 4.25. The summed E-state index contributed by atoms with van der Waals surface area (Å²) in [6, 6.07) is 7.99. The lowest BCUT2D eigenvalue weighted by atomic mass is 10.2. The Labute approximate surface area is 144 Å². The van der Waals surface area contributed by atoms with Gasteiger partial charge in [-0.3, -0.25) is 4.79 Å². The molecule has 0 spiro atoms. The molecule has 0 heterocycles. The normalized spacial score (nSPS) is 14.2. The minimum absolute atomic E-state index is 0.00812. The van der Waals surface area contributed by atoms with Crippen LogP contribution in [0.2, 0.25) is 0 Å². The highest BCUT2D eigenvalue weighted by Gasteiger charge is 2.22. The molecule has 6 heteroatoms. The summed E-state index contributed by atoms with van der Waals surface area (Å²) in [6.07, 6.45) is 2.55. The number of aliphatic imine (C=N–C) groups is 1. The average molecular weight is 332 g/mol. The highest BCUT2D eigenvalue weighted by molar-refractivity contribution is 5.86. The zero-order valence-electron chi connectivity index (χ0n) is 14.8. The summed E-state index contributed by atoms with van der Waals surface area (Å²) >= 11 is 0. The van der Waals surface area contributed by atoms with Gasteiger partial charge in [0, 0.05) is 26.2 Å². The molecule has 1 saturated carbocycles. The number of rotatable bonds is 8. The van der Waals surface area contributed by atoms with Crippen molar-refractivity contribution in [3.8, 4) is 5.75 Å². The Bertz CT molecular complexity index is 568. The van der Waals surface area contributed by atoms with Crippen molar-refractivity contribution in [3.63, 3.8) is 0 Å². The first kappa shape index (κ1) is 18.1. The number of likely N-dealkylation sites (N-methyl/N-ethyl adjacent to an activating group) is 1. The summed E-state index contributed by atoms with van der Waals surface area (Å²) in [5.41, 5.74) is 1.05. The van der Waals surface area contributed by atoms with E-state index in [4.69, 9.17) is 4.74 Å². The van der Waals surface area contributed by atoms with Gasteiger partial charge in [0.25, 0.3) is 0 Å². The average Bonchev–Trinajstić information content (AvgIpc) is 3.40. The molecule has 24 heavy (non-hydrogen) atoms. The smallest absolute Gasteiger partial charge is 0.241 e. The van der Waals surface area contributed by atoms with E-state index in [1.165, 1.54) is 12.8 Å². The number of carbonyl (C=O) groups excluding carboxylic acids is 1. The van der Waals surface area contributed by atoms with E-state index in [0.29, 0.717) is 12.5 Å². The molecule has 1 aromatic carbocycles. The molecule has 0 unspecified atom stereocenters. The first-order valence-corrected chi connectivity index (χ1v) is 8.53. The molecule has 1 fully saturated rings. The van der Waals surface area contributed by atoms with Crippen LogP contribution in [-0.4, -0.2) is 50.6 Å². The van der Waals surface area contributed by atoms with E-state index in [1.54, 1.807) is 19.0 Å². The van der Waals surface area contributed by atoms with E-state index in [-0.39, 0.29) is 12.5 Å². The number of carbonyl (C=O) groups is 1. The van der Waals surface area contributed by atoms with Gasteiger partial charge in [-0.05, 0) is 31.7 Å². The van der Waals surface area contributed by atoms with Crippen molar-refractivity contribution in [2.45, 2.75) is 26.3 Å². The minimum Gasteiger partial charge on any atom is -0.493 e. The third kappa shape index (κ3) is 6.10. The lowest BCUT2D eigenvalue weighted by molar-refractivity contribution is -0.127. The van der Waals surface area contributed by atoms with Crippen LogP contribution < -0.4 is 15.4 Å². The Morgan fingerprint density at radius 1 is 1.29 bits per heavy atom. The molecule has 1 aromatic rings. The van der Waals surface area contributed by atoms with Crippen molar-refractivity contribution >= 4 is 11.9 Å². The molecule has 0 radical (unpaired) electrons. The zero-order valence-corrected chi connectivity index (χ0v) is 14.8. The molecule has 0 bridgehead atoms. The van der Waals surface area contributed by atoms with Crippen molar-refractivity contribution in [1.82, 2.24) is 15.5 Å². The van der Waals surface area contributed by atoms with Gasteiger partial charge in [-0.25, -0.2) is 4.99 Å². The number of nitrogens with one attached hydrogen (secondary N) is 2. The summed E-state index contributed by atoms with van der Waals surface area (Å²) in [4.78, 5) is 17.8. The predicted octanol–water partition coefficient (Wildman–Crippen LogP) is 1.62. The summed E-state index contributed by atoms with van der Waals surface area (Å²) in [5.74, 6) is 2.25. The van der Waals surface area contributed by atoms with Crippen molar-refractivity contribution < 1.29 is 9.53 Å². The fourth-order valence-electron chi connectivity index (χ4n) is 2.09. The van der Waals surface area contributed by atoms with Crippen LogP contribution in [0.15, 0.2) is 29.3 Å². The van der Waals surface area contributed by atoms with Gasteiger partial charge < -0.3 is 20.3 Å². The first-order chi connectivity index (χ1) is 11.6. The second-order valence-corrected chi connectivity index (χ2v) is 6.20. The van der Waals surface area contributed by atoms with Crippen LogP contribution in [0.1, 0.15) is 25.3 Å². The molecule has 2 rings (SSSR count). The standard InChI is InChI=1S/C18H28N4O2/c1-4-19-18(21-12-17(23)22(2)3)20-11-15-7-5-6-8-16(15)24-13-14-9-10-14/h5-8,14H,4,9-13H2,1-3H3,(H2,19,20,21). The largest absolute Gasteiger partial charge is 0.493 e. The second kappa shape index (κ2) is 9.15. The highest BCUT2D eigenvalue weighted by Crippen LogP contribution is 2.30. The maximum absolute atomic E-state index is 11.7. The molecule has 1 amide bonds. The van der Waals surface area contributed by atoms with Crippen molar-refractivity contribution in [2.24, 2.45) is 10.9 Å². The Morgan fingerprint density at radius 3 is 2.71 bits per heavy atom. The topological polar surface area (TPSA) is 66.0 Å². The monoisotopic (exact) mass is 332 g/mol. The van der Waals surface area contributed by atoms with Crippen LogP contribution in [0.4, 0.5) is 0 Å². The van der Waals surface area contributed by atoms with Crippen LogP contribution in [0.25, 0.3) is 0 Å². The fraction of sp³-hybridized carbons (Fsp3) is 0.556. The van der Waals surface area contributed by atoms with Gasteiger partial charge in [-0.1, -0.05) is 18.2 Å². The number of hydrogen-bond acceptors (Lipinski definition) is 3.